The van der Waals surface area contributed by atoms with Gasteiger partial charge >= 0.3 is 11.9 Å². The third kappa shape index (κ3) is 5.76. The number of esters is 1. The number of rotatable bonds is 8. The van der Waals surface area contributed by atoms with Crippen molar-refractivity contribution in [1.82, 2.24) is 0 Å². The number of carbonyl (C=O) groups is 2. The van der Waals surface area contributed by atoms with E-state index in [1.807, 2.05) is 0 Å². The summed E-state index contributed by atoms with van der Waals surface area (Å²) in [6, 6.07) is 0. The molecule has 1 aliphatic rings. The van der Waals surface area contributed by atoms with Crippen LogP contribution in [0.5, 0.6) is 0 Å². The molecule has 0 amide bonds. The Bertz CT molecular complexity index is 335. The van der Waals surface area contributed by atoms with Crippen molar-refractivity contribution in [2.45, 2.75) is 58.3 Å². The number of ether oxygens (including phenoxy) is 1. The molecule has 20 heavy (non-hydrogen) atoms. The van der Waals surface area contributed by atoms with Crippen molar-refractivity contribution in [3.8, 4) is 0 Å². The lowest BCUT2D eigenvalue weighted by molar-refractivity contribution is -0.159. The molecule has 1 rings (SSSR count). The molecule has 0 saturated heterocycles. The highest BCUT2D eigenvalue weighted by molar-refractivity contribution is 5.81. The summed E-state index contributed by atoms with van der Waals surface area (Å²) in [6.07, 6.45) is 11.2. The Balaban J connectivity index is 2.23. The Morgan fingerprint density at radius 1 is 1.15 bits per heavy atom. The zero-order valence-electron chi connectivity index (χ0n) is 12.3. The lowest BCUT2D eigenvalue weighted by atomic mass is 9.79. The minimum absolute atomic E-state index is 0.318. The van der Waals surface area contributed by atoms with Crippen LogP contribution in [0.1, 0.15) is 58.3 Å². The number of carboxylic acid groups (broad SMARTS) is 1. The molecule has 0 aromatic rings. The highest BCUT2D eigenvalue weighted by atomic mass is 16.5. The SMILES string of the molecule is CC/C=C/CCCCOC(=O)C1CCCCC1C(=O)O. The summed E-state index contributed by atoms with van der Waals surface area (Å²) in [7, 11) is 0. The Kier molecular flexibility index (Phi) is 8.00. The van der Waals surface area contributed by atoms with Gasteiger partial charge in [-0.05, 0) is 38.5 Å². The van der Waals surface area contributed by atoms with E-state index < -0.39 is 17.8 Å². The van der Waals surface area contributed by atoms with Gasteiger partial charge in [-0.3, -0.25) is 9.59 Å². The zero-order valence-corrected chi connectivity index (χ0v) is 12.3. The Hall–Kier alpha value is -1.32. The number of unbranched alkanes of at least 4 members (excludes halogenated alkanes) is 2. The molecular weight excluding hydrogens is 256 g/mol. The first-order chi connectivity index (χ1) is 9.66. The van der Waals surface area contributed by atoms with Crippen molar-refractivity contribution in [3.05, 3.63) is 12.2 Å². The second kappa shape index (κ2) is 9.56. The van der Waals surface area contributed by atoms with E-state index in [0.29, 0.717) is 19.4 Å². The van der Waals surface area contributed by atoms with Crippen molar-refractivity contribution in [3.63, 3.8) is 0 Å². The van der Waals surface area contributed by atoms with E-state index in [9.17, 15) is 9.59 Å². The van der Waals surface area contributed by atoms with Crippen LogP contribution in [-0.2, 0) is 14.3 Å². The van der Waals surface area contributed by atoms with Gasteiger partial charge in [0.25, 0.3) is 0 Å². The molecule has 2 atom stereocenters. The first-order valence-corrected chi connectivity index (χ1v) is 7.71. The van der Waals surface area contributed by atoms with Crippen molar-refractivity contribution in [1.29, 1.82) is 0 Å². The van der Waals surface area contributed by atoms with Crippen molar-refractivity contribution in [2.75, 3.05) is 6.61 Å². The molecule has 0 radical (unpaired) electrons. The number of carboxylic acids is 1. The molecular formula is C16H26O4. The van der Waals surface area contributed by atoms with Crippen LogP contribution >= 0.6 is 0 Å². The summed E-state index contributed by atoms with van der Waals surface area (Å²) < 4.78 is 5.24. The van der Waals surface area contributed by atoms with Gasteiger partial charge in [-0.25, -0.2) is 0 Å². The number of hydrogen-bond donors (Lipinski definition) is 1. The van der Waals surface area contributed by atoms with Gasteiger partial charge in [0.05, 0.1) is 18.4 Å². The highest BCUT2D eigenvalue weighted by Crippen LogP contribution is 2.31. The molecule has 0 bridgehead atoms. The number of aliphatic carboxylic acids is 1. The molecule has 0 aromatic carbocycles. The second-order valence-electron chi connectivity index (χ2n) is 5.38. The molecule has 0 aliphatic heterocycles. The minimum Gasteiger partial charge on any atom is -0.481 e. The molecule has 1 N–H and O–H groups in total. The quantitative estimate of drug-likeness (QED) is 0.420. The molecule has 2 unspecified atom stereocenters. The molecule has 1 saturated carbocycles. The van der Waals surface area contributed by atoms with Gasteiger partial charge in [-0.1, -0.05) is 31.9 Å². The van der Waals surface area contributed by atoms with Gasteiger partial charge in [0, 0.05) is 0 Å². The minimum atomic E-state index is -0.864. The van der Waals surface area contributed by atoms with Gasteiger partial charge in [0.1, 0.15) is 0 Å². The molecule has 1 fully saturated rings. The Morgan fingerprint density at radius 3 is 2.50 bits per heavy atom. The molecule has 1 aliphatic carbocycles. The molecule has 4 nitrogen and oxygen atoms in total. The fraction of sp³-hybridized carbons (Fsp3) is 0.750. The molecule has 0 heterocycles. The zero-order chi connectivity index (χ0) is 14.8. The van der Waals surface area contributed by atoms with Crippen LogP contribution in [-0.4, -0.2) is 23.7 Å². The smallest absolute Gasteiger partial charge is 0.309 e. The van der Waals surface area contributed by atoms with Crippen molar-refractivity contribution < 1.29 is 19.4 Å². The van der Waals surface area contributed by atoms with E-state index in [-0.39, 0.29) is 5.97 Å². The summed E-state index contributed by atoms with van der Waals surface area (Å²) in [4.78, 5) is 23.1. The third-order valence-electron chi connectivity index (χ3n) is 3.80. The average molecular weight is 282 g/mol. The van der Waals surface area contributed by atoms with Gasteiger partial charge in [-0.15, -0.1) is 0 Å². The van der Waals surface area contributed by atoms with E-state index in [1.54, 1.807) is 0 Å². The first kappa shape index (κ1) is 16.7. The largest absolute Gasteiger partial charge is 0.481 e. The number of carbonyl (C=O) groups excluding carboxylic acids is 1. The maximum atomic E-state index is 11.9. The van der Waals surface area contributed by atoms with Crippen molar-refractivity contribution in [2.24, 2.45) is 11.8 Å². The molecule has 0 spiro atoms. The lowest BCUT2D eigenvalue weighted by Gasteiger charge is -2.26. The van der Waals surface area contributed by atoms with Gasteiger partial charge in [0.2, 0.25) is 0 Å². The Labute approximate surface area is 121 Å². The standard InChI is InChI=1S/C16H26O4/c1-2-3-4-5-6-9-12-20-16(19)14-11-8-7-10-13(14)15(17)18/h3-4,13-14H,2,5-12H2,1H3,(H,17,18)/b4-3+. The first-order valence-electron chi connectivity index (χ1n) is 7.71. The topological polar surface area (TPSA) is 63.6 Å². The van der Waals surface area contributed by atoms with Crippen LogP contribution in [0, 0.1) is 11.8 Å². The number of allylic oxidation sites excluding steroid dienone is 2. The van der Waals surface area contributed by atoms with Gasteiger partial charge in [0.15, 0.2) is 0 Å². The predicted molar refractivity (Wildman–Crippen MR) is 77.3 cm³/mol. The second-order valence-corrected chi connectivity index (χ2v) is 5.38. The summed E-state index contributed by atoms with van der Waals surface area (Å²) >= 11 is 0. The van der Waals surface area contributed by atoms with E-state index in [4.69, 9.17) is 9.84 Å². The molecule has 0 aromatic heterocycles. The van der Waals surface area contributed by atoms with Crippen LogP contribution in [0.2, 0.25) is 0 Å². The van der Waals surface area contributed by atoms with Crippen molar-refractivity contribution >= 4 is 11.9 Å². The molecule has 4 heteroatoms. The monoisotopic (exact) mass is 282 g/mol. The number of hydrogen-bond acceptors (Lipinski definition) is 3. The predicted octanol–water partition coefficient (Wildman–Crippen LogP) is 3.56. The normalized spacial score (nSPS) is 22.9. The maximum absolute atomic E-state index is 11.9. The third-order valence-corrected chi connectivity index (χ3v) is 3.80. The van der Waals surface area contributed by atoms with Crippen LogP contribution in [0.15, 0.2) is 12.2 Å². The van der Waals surface area contributed by atoms with Crippen LogP contribution in [0.3, 0.4) is 0 Å². The lowest BCUT2D eigenvalue weighted by Crippen LogP contribution is -2.33. The van der Waals surface area contributed by atoms with Gasteiger partial charge in [-0.2, -0.15) is 0 Å². The summed E-state index contributed by atoms with van der Waals surface area (Å²) in [5, 5.41) is 9.13. The van der Waals surface area contributed by atoms with Gasteiger partial charge < -0.3 is 9.84 Å². The maximum Gasteiger partial charge on any atom is 0.309 e. The fourth-order valence-corrected chi connectivity index (χ4v) is 2.64. The Morgan fingerprint density at radius 2 is 1.85 bits per heavy atom. The molecule has 114 valence electrons. The van der Waals surface area contributed by atoms with E-state index in [2.05, 4.69) is 19.1 Å². The van der Waals surface area contributed by atoms with Crippen LogP contribution in [0.4, 0.5) is 0 Å². The van der Waals surface area contributed by atoms with Crippen LogP contribution in [0.25, 0.3) is 0 Å². The average Bonchev–Trinajstić information content (AvgIpc) is 2.46. The highest BCUT2D eigenvalue weighted by Gasteiger charge is 2.36. The summed E-state index contributed by atoms with van der Waals surface area (Å²) in [5.41, 5.74) is 0. The van der Waals surface area contributed by atoms with E-state index in [1.165, 1.54) is 0 Å². The fourth-order valence-electron chi connectivity index (χ4n) is 2.64. The van der Waals surface area contributed by atoms with E-state index in [0.717, 1.165) is 38.5 Å². The summed E-state index contributed by atoms with van der Waals surface area (Å²) in [6.45, 7) is 2.50. The summed E-state index contributed by atoms with van der Waals surface area (Å²) in [5.74, 6) is -2.18. The van der Waals surface area contributed by atoms with Crippen LogP contribution < -0.4 is 0 Å². The van der Waals surface area contributed by atoms with E-state index >= 15 is 0 Å².